The molecule has 2 bridgehead atoms. The molecule has 2 N–H and O–H groups in total. The van der Waals surface area contributed by atoms with Crippen LogP contribution in [0.15, 0.2) is 53.4 Å². The predicted molar refractivity (Wildman–Crippen MR) is 134 cm³/mol. The Morgan fingerprint density at radius 2 is 1.74 bits per heavy atom. The third kappa shape index (κ3) is 4.61. The Morgan fingerprint density at radius 3 is 2.49 bits per heavy atom. The molecule has 1 saturated heterocycles. The summed E-state index contributed by atoms with van der Waals surface area (Å²) >= 11 is 0. The van der Waals surface area contributed by atoms with Gasteiger partial charge in [-0.2, -0.15) is 4.31 Å². The van der Waals surface area contributed by atoms with Gasteiger partial charge < -0.3 is 10.6 Å². The molecule has 1 amide bonds. The second-order valence-electron chi connectivity index (χ2n) is 9.54. The summed E-state index contributed by atoms with van der Waals surface area (Å²) in [4.78, 5) is 25.2. The van der Waals surface area contributed by atoms with Gasteiger partial charge in [-0.1, -0.05) is 43.7 Å². The molecule has 5 rings (SSSR count). The van der Waals surface area contributed by atoms with E-state index in [1.165, 1.54) is 4.31 Å². The first-order valence-corrected chi connectivity index (χ1v) is 13.3. The number of hydrogen-bond acceptors (Lipinski definition) is 7. The van der Waals surface area contributed by atoms with Gasteiger partial charge in [0.15, 0.2) is 0 Å². The van der Waals surface area contributed by atoms with Crippen molar-refractivity contribution in [2.45, 2.75) is 44.4 Å². The molecular formula is C25H30N6O3S. The smallest absolute Gasteiger partial charge is 0.244 e. The molecular weight excluding hydrogens is 464 g/mol. The van der Waals surface area contributed by atoms with Crippen LogP contribution in [0.3, 0.4) is 0 Å². The molecule has 9 nitrogen and oxygen atoms in total. The summed E-state index contributed by atoms with van der Waals surface area (Å²) < 4.78 is 28.2. The highest BCUT2D eigenvalue weighted by molar-refractivity contribution is 7.89. The van der Waals surface area contributed by atoms with Crippen LogP contribution in [0.25, 0.3) is 10.9 Å². The van der Waals surface area contributed by atoms with Crippen LogP contribution in [0.2, 0.25) is 0 Å². The van der Waals surface area contributed by atoms with Crippen LogP contribution in [-0.2, 0) is 21.4 Å². The van der Waals surface area contributed by atoms with Gasteiger partial charge in [0.05, 0.1) is 23.1 Å². The van der Waals surface area contributed by atoms with Gasteiger partial charge in [-0.05, 0) is 37.1 Å². The van der Waals surface area contributed by atoms with Crippen molar-refractivity contribution < 1.29 is 13.2 Å². The lowest BCUT2D eigenvalue weighted by atomic mass is 10.0. The molecule has 2 aliphatic heterocycles. The van der Waals surface area contributed by atoms with E-state index in [0.717, 1.165) is 16.5 Å². The summed E-state index contributed by atoms with van der Waals surface area (Å²) in [6.45, 7) is 7.17. The van der Waals surface area contributed by atoms with Crippen molar-refractivity contribution in [2.75, 3.05) is 25.0 Å². The third-order valence-corrected chi connectivity index (χ3v) is 8.54. The number of nitrogens with zero attached hydrogens (tertiary/aromatic N) is 4. The molecule has 10 heteroatoms. The third-order valence-electron chi connectivity index (χ3n) is 6.66. The maximum Gasteiger partial charge on any atom is 0.244 e. The number of carbonyl (C=O) groups excluding carboxylic acids is 1. The average molecular weight is 495 g/mol. The normalized spacial score (nSPS) is 21.9. The second kappa shape index (κ2) is 9.18. The molecule has 0 saturated carbocycles. The SMILES string of the molecule is Cc1ccc(S(=O)(=O)N2CCN3Cc4nc(c5ccccc5n4)N[C@@H](C(C)C)C(=O)NC3C2)cc1. The van der Waals surface area contributed by atoms with Gasteiger partial charge in [-0.3, -0.25) is 9.69 Å². The van der Waals surface area contributed by atoms with Crippen LogP contribution >= 0.6 is 0 Å². The quantitative estimate of drug-likeness (QED) is 0.575. The highest BCUT2D eigenvalue weighted by atomic mass is 32.2. The maximum atomic E-state index is 13.4. The summed E-state index contributed by atoms with van der Waals surface area (Å²) in [7, 11) is -3.69. The number of carbonyl (C=O) groups is 1. The molecule has 2 aliphatic rings. The summed E-state index contributed by atoms with van der Waals surface area (Å²) in [6, 6.07) is 14.0. The van der Waals surface area contributed by atoms with Crippen molar-refractivity contribution in [3.05, 3.63) is 59.9 Å². The fraction of sp³-hybridized carbons (Fsp3) is 0.400. The average Bonchev–Trinajstić information content (AvgIpc) is 2.83. The van der Waals surface area contributed by atoms with Crippen molar-refractivity contribution in [3.63, 3.8) is 0 Å². The number of amides is 1. The van der Waals surface area contributed by atoms with Crippen molar-refractivity contribution in [1.82, 2.24) is 24.5 Å². The van der Waals surface area contributed by atoms with Gasteiger partial charge in [0.1, 0.15) is 17.7 Å². The second-order valence-corrected chi connectivity index (χ2v) is 11.5. The zero-order valence-electron chi connectivity index (χ0n) is 20.1. The van der Waals surface area contributed by atoms with E-state index in [1.54, 1.807) is 24.3 Å². The zero-order chi connectivity index (χ0) is 24.7. The number of aryl methyl sites for hydroxylation is 1. The number of aromatic nitrogens is 2. The van der Waals surface area contributed by atoms with Gasteiger partial charge >= 0.3 is 0 Å². The van der Waals surface area contributed by atoms with Gasteiger partial charge in [-0.25, -0.2) is 18.4 Å². The molecule has 184 valence electrons. The van der Waals surface area contributed by atoms with E-state index in [-0.39, 0.29) is 23.3 Å². The molecule has 0 aliphatic carbocycles. The molecule has 1 unspecified atom stereocenters. The Labute approximate surface area is 205 Å². The van der Waals surface area contributed by atoms with E-state index < -0.39 is 22.2 Å². The van der Waals surface area contributed by atoms with Gasteiger partial charge in [-0.15, -0.1) is 0 Å². The Balaban J connectivity index is 1.50. The number of anilines is 1. The number of nitrogens with one attached hydrogen (secondary N) is 2. The number of para-hydroxylation sites is 1. The number of rotatable bonds is 3. The first-order valence-electron chi connectivity index (χ1n) is 11.9. The molecule has 2 aromatic carbocycles. The minimum Gasteiger partial charge on any atom is -0.358 e. The highest BCUT2D eigenvalue weighted by Crippen LogP contribution is 2.26. The van der Waals surface area contributed by atoms with Crippen LogP contribution in [-0.4, -0.2) is 65.3 Å². The molecule has 0 radical (unpaired) electrons. The van der Waals surface area contributed by atoms with Gasteiger partial charge in [0.25, 0.3) is 0 Å². The van der Waals surface area contributed by atoms with E-state index in [4.69, 9.17) is 9.97 Å². The van der Waals surface area contributed by atoms with E-state index in [9.17, 15) is 13.2 Å². The summed E-state index contributed by atoms with van der Waals surface area (Å²) in [5.41, 5.74) is 1.80. The van der Waals surface area contributed by atoms with Crippen LogP contribution in [0.1, 0.15) is 25.2 Å². The van der Waals surface area contributed by atoms with Crippen LogP contribution in [0.4, 0.5) is 5.82 Å². The first-order chi connectivity index (χ1) is 16.7. The first kappa shape index (κ1) is 23.7. The number of benzene rings is 2. The van der Waals surface area contributed by atoms with Crippen LogP contribution < -0.4 is 10.6 Å². The minimum absolute atomic E-state index is 0.0176. The Bertz CT molecular complexity index is 1360. The molecule has 0 spiro atoms. The van der Waals surface area contributed by atoms with Crippen molar-refractivity contribution in [2.24, 2.45) is 5.92 Å². The fourth-order valence-electron chi connectivity index (χ4n) is 4.62. The van der Waals surface area contributed by atoms with E-state index in [0.29, 0.717) is 31.3 Å². The molecule has 3 aromatic rings. The lowest BCUT2D eigenvalue weighted by Crippen LogP contribution is -2.62. The van der Waals surface area contributed by atoms with E-state index >= 15 is 0 Å². The number of piperazine rings is 1. The molecule has 35 heavy (non-hydrogen) atoms. The predicted octanol–water partition coefficient (Wildman–Crippen LogP) is 2.34. The van der Waals surface area contributed by atoms with Gasteiger partial charge in [0, 0.05) is 25.0 Å². The van der Waals surface area contributed by atoms with Crippen molar-refractivity contribution in [1.29, 1.82) is 0 Å². The van der Waals surface area contributed by atoms with Gasteiger partial charge in [0.2, 0.25) is 15.9 Å². The zero-order valence-corrected chi connectivity index (χ0v) is 20.9. The largest absolute Gasteiger partial charge is 0.358 e. The molecule has 1 fully saturated rings. The highest BCUT2D eigenvalue weighted by Gasteiger charge is 2.37. The topological polar surface area (TPSA) is 108 Å². The lowest BCUT2D eigenvalue weighted by molar-refractivity contribution is -0.125. The van der Waals surface area contributed by atoms with E-state index in [2.05, 4.69) is 15.5 Å². The molecule has 3 heterocycles. The fourth-order valence-corrected chi connectivity index (χ4v) is 6.06. The monoisotopic (exact) mass is 494 g/mol. The van der Waals surface area contributed by atoms with Crippen LogP contribution in [0, 0.1) is 12.8 Å². The number of hydrogen-bond donors (Lipinski definition) is 2. The Kier molecular flexibility index (Phi) is 6.20. The number of sulfonamides is 1. The number of fused-ring (bicyclic) bond motifs is 5. The Hall–Kier alpha value is -3.08. The molecule has 1 aromatic heterocycles. The lowest BCUT2D eigenvalue weighted by Gasteiger charge is -2.41. The summed E-state index contributed by atoms with van der Waals surface area (Å²) in [6.07, 6.45) is -0.504. The summed E-state index contributed by atoms with van der Waals surface area (Å²) in [5.74, 6) is 1.06. The van der Waals surface area contributed by atoms with E-state index in [1.807, 2.05) is 45.0 Å². The standard InChI is InChI=1S/C25H30N6O3S/c1-16(2)23-25(32)28-22-15-31(35(33,34)18-10-8-17(3)9-11-18)13-12-30(22)14-21-26-20-7-5-4-6-19(20)24(27-21)29-23/h4-11,16,22-23H,12-15H2,1-3H3,(H,28,32)(H,26,27,29)/t22?,23-/m0/s1. The summed E-state index contributed by atoms with van der Waals surface area (Å²) in [5, 5.41) is 7.30. The molecule has 2 atom stereocenters. The minimum atomic E-state index is -3.69. The van der Waals surface area contributed by atoms with Crippen molar-refractivity contribution >= 4 is 32.7 Å². The maximum absolute atomic E-state index is 13.4. The van der Waals surface area contributed by atoms with Crippen molar-refractivity contribution in [3.8, 4) is 0 Å². The van der Waals surface area contributed by atoms with Crippen LogP contribution in [0.5, 0.6) is 0 Å². The Morgan fingerprint density at radius 1 is 1.00 bits per heavy atom.